The van der Waals surface area contributed by atoms with Gasteiger partial charge in [0, 0.05) is 10.2 Å². The average Bonchev–Trinajstić information content (AvgIpc) is 2.36. The molecule has 0 radical (unpaired) electrons. The number of halogens is 2. The molecule has 3 N–H and O–H groups in total. The van der Waals surface area contributed by atoms with Crippen LogP contribution in [0, 0.1) is 12.7 Å². The third-order valence-electron chi connectivity index (χ3n) is 2.96. The summed E-state index contributed by atoms with van der Waals surface area (Å²) in [6.07, 6.45) is 0. The predicted octanol–water partition coefficient (Wildman–Crippen LogP) is 3.54. The van der Waals surface area contributed by atoms with Crippen LogP contribution in [-0.4, -0.2) is 5.91 Å². The van der Waals surface area contributed by atoms with E-state index < -0.39 is 11.9 Å². The lowest BCUT2D eigenvalue weighted by molar-refractivity contribution is -0.118. The SMILES string of the molecule is Cc1cc(F)ccc1C(Nc1cccc(Br)c1)C(N)=O. The third kappa shape index (κ3) is 3.36. The number of hydrogen-bond acceptors (Lipinski definition) is 2. The predicted molar refractivity (Wildman–Crippen MR) is 80.8 cm³/mol. The van der Waals surface area contributed by atoms with Crippen molar-refractivity contribution in [2.24, 2.45) is 5.73 Å². The quantitative estimate of drug-likeness (QED) is 0.897. The van der Waals surface area contributed by atoms with Crippen LogP contribution in [0.3, 0.4) is 0 Å². The second kappa shape index (κ2) is 6.05. The fraction of sp³-hybridized carbons (Fsp3) is 0.133. The van der Waals surface area contributed by atoms with Gasteiger partial charge in [0.05, 0.1) is 0 Å². The number of amides is 1. The molecule has 0 aliphatic heterocycles. The van der Waals surface area contributed by atoms with Gasteiger partial charge in [0.2, 0.25) is 5.91 Å². The van der Waals surface area contributed by atoms with Crippen LogP contribution < -0.4 is 11.1 Å². The minimum atomic E-state index is -0.704. The minimum Gasteiger partial charge on any atom is -0.370 e. The summed E-state index contributed by atoms with van der Waals surface area (Å²) >= 11 is 3.36. The number of aryl methyl sites for hydroxylation is 1. The van der Waals surface area contributed by atoms with Crippen molar-refractivity contribution in [2.45, 2.75) is 13.0 Å². The highest BCUT2D eigenvalue weighted by Gasteiger charge is 2.19. The van der Waals surface area contributed by atoms with Crippen LogP contribution >= 0.6 is 15.9 Å². The lowest BCUT2D eigenvalue weighted by Gasteiger charge is -2.19. The maximum atomic E-state index is 13.1. The molecule has 0 spiro atoms. The highest BCUT2D eigenvalue weighted by Crippen LogP contribution is 2.24. The number of benzene rings is 2. The van der Waals surface area contributed by atoms with Crippen molar-refractivity contribution >= 4 is 27.5 Å². The first kappa shape index (κ1) is 14.5. The van der Waals surface area contributed by atoms with Crippen molar-refractivity contribution in [1.29, 1.82) is 0 Å². The Morgan fingerprint density at radius 2 is 2.05 bits per heavy atom. The van der Waals surface area contributed by atoms with Crippen LogP contribution in [-0.2, 0) is 4.79 Å². The molecule has 0 saturated heterocycles. The molecule has 20 heavy (non-hydrogen) atoms. The molecule has 2 aromatic carbocycles. The fourth-order valence-corrected chi connectivity index (χ4v) is 2.41. The molecule has 5 heteroatoms. The summed E-state index contributed by atoms with van der Waals surface area (Å²) in [7, 11) is 0. The second-order valence-electron chi connectivity index (χ2n) is 4.49. The van der Waals surface area contributed by atoms with Crippen molar-refractivity contribution in [2.75, 3.05) is 5.32 Å². The molecule has 104 valence electrons. The summed E-state index contributed by atoms with van der Waals surface area (Å²) in [5.41, 5.74) is 7.55. The van der Waals surface area contributed by atoms with Crippen LogP contribution in [0.2, 0.25) is 0 Å². The number of carbonyl (C=O) groups is 1. The van der Waals surface area contributed by atoms with Gasteiger partial charge in [-0.15, -0.1) is 0 Å². The van der Waals surface area contributed by atoms with Gasteiger partial charge in [0.25, 0.3) is 0 Å². The molecule has 3 nitrogen and oxygen atoms in total. The molecule has 0 fully saturated rings. The van der Waals surface area contributed by atoms with E-state index >= 15 is 0 Å². The summed E-state index contributed by atoms with van der Waals surface area (Å²) in [6, 6.07) is 11.0. The lowest BCUT2D eigenvalue weighted by atomic mass is 10.0. The van der Waals surface area contributed by atoms with E-state index in [1.54, 1.807) is 13.0 Å². The van der Waals surface area contributed by atoms with E-state index in [4.69, 9.17) is 5.73 Å². The Morgan fingerprint density at radius 3 is 2.65 bits per heavy atom. The highest BCUT2D eigenvalue weighted by atomic mass is 79.9. The maximum Gasteiger partial charge on any atom is 0.244 e. The van der Waals surface area contributed by atoms with Crippen molar-refractivity contribution in [1.82, 2.24) is 0 Å². The van der Waals surface area contributed by atoms with Gasteiger partial charge >= 0.3 is 0 Å². The van der Waals surface area contributed by atoms with Gasteiger partial charge in [-0.2, -0.15) is 0 Å². The van der Waals surface area contributed by atoms with Gasteiger partial charge in [0.15, 0.2) is 0 Å². The van der Waals surface area contributed by atoms with Crippen molar-refractivity contribution < 1.29 is 9.18 Å². The zero-order valence-corrected chi connectivity index (χ0v) is 12.4. The molecular formula is C15H14BrFN2O. The summed E-state index contributed by atoms with van der Waals surface area (Å²) in [4.78, 5) is 11.7. The minimum absolute atomic E-state index is 0.336. The molecule has 0 aromatic heterocycles. The Morgan fingerprint density at radius 1 is 1.30 bits per heavy atom. The number of nitrogens with one attached hydrogen (secondary N) is 1. The molecule has 0 aliphatic carbocycles. The van der Waals surface area contributed by atoms with Gasteiger partial charge < -0.3 is 11.1 Å². The Balaban J connectivity index is 2.34. The van der Waals surface area contributed by atoms with Crippen LogP contribution in [0.1, 0.15) is 17.2 Å². The normalized spacial score (nSPS) is 11.9. The molecule has 1 amide bonds. The standard InChI is InChI=1S/C15H14BrFN2O/c1-9-7-11(17)5-6-13(9)14(15(18)20)19-12-4-2-3-10(16)8-12/h2-8,14,19H,1H3,(H2,18,20). The molecule has 1 unspecified atom stereocenters. The zero-order valence-electron chi connectivity index (χ0n) is 10.9. The first-order chi connectivity index (χ1) is 9.47. The van der Waals surface area contributed by atoms with Crippen LogP contribution in [0.4, 0.5) is 10.1 Å². The van der Waals surface area contributed by atoms with Gasteiger partial charge in [0.1, 0.15) is 11.9 Å². The summed E-state index contributed by atoms with van der Waals surface area (Å²) < 4.78 is 14.0. The molecule has 2 aromatic rings. The number of nitrogens with two attached hydrogens (primary N) is 1. The summed E-state index contributed by atoms with van der Waals surface area (Å²) in [6.45, 7) is 1.75. The molecule has 2 rings (SSSR count). The van der Waals surface area contributed by atoms with Crippen LogP contribution in [0.15, 0.2) is 46.9 Å². The van der Waals surface area contributed by atoms with Crippen molar-refractivity contribution in [3.63, 3.8) is 0 Å². The molecule has 1 atom stereocenters. The second-order valence-corrected chi connectivity index (χ2v) is 5.41. The highest BCUT2D eigenvalue weighted by molar-refractivity contribution is 9.10. The van der Waals surface area contributed by atoms with E-state index in [9.17, 15) is 9.18 Å². The van der Waals surface area contributed by atoms with Crippen molar-refractivity contribution in [3.8, 4) is 0 Å². The van der Waals surface area contributed by atoms with E-state index in [1.807, 2.05) is 24.3 Å². The third-order valence-corrected chi connectivity index (χ3v) is 3.46. The number of anilines is 1. The Kier molecular flexibility index (Phi) is 4.39. The van der Waals surface area contributed by atoms with Crippen molar-refractivity contribution in [3.05, 3.63) is 63.9 Å². The van der Waals surface area contributed by atoms with Crippen LogP contribution in [0.25, 0.3) is 0 Å². The van der Waals surface area contributed by atoms with E-state index in [-0.39, 0.29) is 5.82 Å². The van der Waals surface area contributed by atoms with Crippen LogP contribution in [0.5, 0.6) is 0 Å². The van der Waals surface area contributed by atoms with E-state index in [2.05, 4.69) is 21.2 Å². The van der Waals surface area contributed by atoms with Gasteiger partial charge in [-0.05, 0) is 48.4 Å². The number of carbonyl (C=O) groups excluding carboxylic acids is 1. The van der Waals surface area contributed by atoms with E-state index in [1.165, 1.54) is 12.1 Å². The molecule has 0 bridgehead atoms. The zero-order chi connectivity index (χ0) is 14.7. The lowest BCUT2D eigenvalue weighted by Crippen LogP contribution is -2.28. The monoisotopic (exact) mass is 336 g/mol. The molecule has 0 aliphatic rings. The Hall–Kier alpha value is -1.88. The van der Waals surface area contributed by atoms with E-state index in [0.29, 0.717) is 11.1 Å². The topological polar surface area (TPSA) is 55.1 Å². The first-order valence-electron chi connectivity index (χ1n) is 6.05. The van der Waals surface area contributed by atoms with Gasteiger partial charge in [-0.3, -0.25) is 4.79 Å². The number of primary amides is 1. The summed E-state index contributed by atoms with van der Waals surface area (Å²) in [5.74, 6) is -0.850. The van der Waals surface area contributed by atoms with Gasteiger partial charge in [-0.25, -0.2) is 4.39 Å². The number of rotatable bonds is 4. The molecular weight excluding hydrogens is 323 g/mol. The molecule has 0 heterocycles. The maximum absolute atomic E-state index is 13.1. The molecule has 0 saturated carbocycles. The van der Waals surface area contributed by atoms with E-state index in [0.717, 1.165) is 10.2 Å². The summed E-state index contributed by atoms with van der Waals surface area (Å²) in [5, 5.41) is 3.07. The Bertz CT molecular complexity index is 646. The largest absolute Gasteiger partial charge is 0.370 e. The Labute approximate surface area is 125 Å². The smallest absolute Gasteiger partial charge is 0.244 e. The average molecular weight is 337 g/mol. The number of hydrogen-bond donors (Lipinski definition) is 2. The first-order valence-corrected chi connectivity index (χ1v) is 6.84. The fourth-order valence-electron chi connectivity index (χ4n) is 2.01. The van der Waals surface area contributed by atoms with Gasteiger partial charge in [-0.1, -0.05) is 28.1 Å².